The van der Waals surface area contributed by atoms with Crippen molar-refractivity contribution in [2.45, 2.75) is 18.2 Å². The van der Waals surface area contributed by atoms with Gasteiger partial charge in [0.25, 0.3) is 0 Å². The van der Waals surface area contributed by atoms with E-state index in [1.165, 1.54) is 25.8 Å². The first-order valence-corrected chi connectivity index (χ1v) is 10.0. The van der Waals surface area contributed by atoms with Crippen molar-refractivity contribution in [2.75, 3.05) is 30.6 Å². The number of carbonyl (C=O) groups excluding carboxylic acids is 1. The maximum atomic E-state index is 12.0. The molecule has 0 spiro atoms. The molecule has 2 aliphatic heterocycles. The summed E-state index contributed by atoms with van der Waals surface area (Å²) in [4.78, 5) is 17.3. The largest absolute Gasteiger partial charge is 0.493 e. The summed E-state index contributed by atoms with van der Waals surface area (Å²) in [6, 6.07) is 5.09. The van der Waals surface area contributed by atoms with Crippen LogP contribution >= 0.6 is 11.8 Å². The number of rotatable bonds is 3. The highest BCUT2D eigenvalue weighted by Gasteiger charge is 2.49. The van der Waals surface area contributed by atoms with Crippen molar-refractivity contribution in [1.29, 1.82) is 0 Å². The molecular weight excluding hydrogens is 352 g/mol. The van der Waals surface area contributed by atoms with Crippen LogP contribution in [-0.2, 0) is 14.6 Å². The van der Waals surface area contributed by atoms with Gasteiger partial charge in [-0.05, 0) is 12.1 Å². The van der Waals surface area contributed by atoms with Gasteiger partial charge < -0.3 is 14.4 Å². The molecule has 0 aliphatic carbocycles. The third kappa shape index (κ3) is 3.10. The molecule has 24 heavy (non-hydrogen) atoms. The number of amides is 1. The highest BCUT2D eigenvalue weighted by molar-refractivity contribution is 8.16. The molecule has 2 aliphatic rings. The number of anilines is 1. The summed E-state index contributed by atoms with van der Waals surface area (Å²) in [5, 5.41) is 0.404. The van der Waals surface area contributed by atoms with E-state index in [0.29, 0.717) is 16.7 Å². The number of hydrogen-bond donors (Lipinski definition) is 0. The van der Waals surface area contributed by atoms with Crippen molar-refractivity contribution >= 4 is 38.4 Å². The average molecular weight is 370 g/mol. The Hall–Kier alpha value is -1.74. The quantitative estimate of drug-likeness (QED) is 0.793. The predicted octanol–water partition coefficient (Wildman–Crippen LogP) is 1.33. The van der Waals surface area contributed by atoms with Crippen molar-refractivity contribution in [2.24, 2.45) is 4.99 Å². The van der Waals surface area contributed by atoms with E-state index in [-0.39, 0.29) is 28.7 Å². The van der Waals surface area contributed by atoms with Gasteiger partial charge in [0, 0.05) is 23.9 Å². The molecule has 0 saturated carbocycles. The Morgan fingerprint density at radius 1 is 1.25 bits per heavy atom. The van der Waals surface area contributed by atoms with Crippen LogP contribution in [0.4, 0.5) is 5.69 Å². The smallest absolute Gasteiger partial charge is 0.244 e. The van der Waals surface area contributed by atoms with Crippen LogP contribution in [0.3, 0.4) is 0 Å². The van der Waals surface area contributed by atoms with E-state index in [2.05, 4.69) is 4.99 Å². The van der Waals surface area contributed by atoms with E-state index in [4.69, 9.17) is 9.47 Å². The highest BCUT2D eigenvalue weighted by atomic mass is 32.2. The summed E-state index contributed by atoms with van der Waals surface area (Å²) >= 11 is 1.34. The van der Waals surface area contributed by atoms with Crippen molar-refractivity contribution in [3.05, 3.63) is 18.2 Å². The molecule has 0 radical (unpaired) electrons. The SMILES string of the molecule is COc1ccc(N2C(=NC(C)=O)S[C@@H]3CS(=O)(=O)C[C@H]32)cc1OC. The number of thioether (sulfide) groups is 1. The third-order valence-electron chi connectivity index (χ3n) is 3.96. The van der Waals surface area contributed by atoms with Gasteiger partial charge in [0.2, 0.25) is 5.91 Å². The second kappa shape index (κ2) is 6.29. The minimum absolute atomic E-state index is 0.0515. The van der Waals surface area contributed by atoms with Gasteiger partial charge in [-0.15, -0.1) is 0 Å². The number of nitrogens with zero attached hydrogens (tertiary/aromatic N) is 2. The zero-order valence-corrected chi connectivity index (χ0v) is 15.2. The normalized spacial score (nSPS) is 26.5. The summed E-state index contributed by atoms with van der Waals surface area (Å²) in [7, 11) is -0.00265. The van der Waals surface area contributed by atoms with Crippen LogP contribution in [0.2, 0.25) is 0 Å². The Morgan fingerprint density at radius 3 is 2.58 bits per heavy atom. The van der Waals surface area contributed by atoms with E-state index in [0.717, 1.165) is 5.69 Å². The van der Waals surface area contributed by atoms with Crippen molar-refractivity contribution in [3.63, 3.8) is 0 Å². The second-order valence-corrected chi connectivity index (χ2v) is 8.98. The Balaban J connectivity index is 2.05. The van der Waals surface area contributed by atoms with Crippen LogP contribution in [0.25, 0.3) is 0 Å². The van der Waals surface area contributed by atoms with Gasteiger partial charge in [0.1, 0.15) is 0 Å². The van der Waals surface area contributed by atoms with Gasteiger partial charge in [0.05, 0.1) is 31.8 Å². The summed E-state index contributed by atoms with van der Waals surface area (Å²) in [5.41, 5.74) is 0.727. The first kappa shape index (κ1) is 17.1. The van der Waals surface area contributed by atoms with Gasteiger partial charge in [-0.25, -0.2) is 8.42 Å². The summed E-state index contributed by atoms with van der Waals surface area (Å²) in [6.07, 6.45) is 0. The molecule has 1 amide bonds. The molecule has 2 atom stereocenters. The van der Waals surface area contributed by atoms with Gasteiger partial charge in [0.15, 0.2) is 26.5 Å². The third-order valence-corrected chi connectivity index (χ3v) is 7.17. The Bertz CT molecular complexity index is 806. The number of aliphatic imine (C=N–C) groups is 1. The molecule has 0 N–H and O–H groups in total. The highest BCUT2D eigenvalue weighted by Crippen LogP contribution is 2.42. The Labute approximate surface area is 144 Å². The number of methoxy groups -OCH3 is 2. The molecule has 0 unspecified atom stereocenters. The van der Waals surface area contributed by atoms with Crippen molar-refractivity contribution < 1.29 is 22.7 Å². The van der Waals surface area contributed by atoms with Gasteiger partial charge in [-0.1, -0.05) is 11.8 Å². The van der Waals surface area contributed by atoms with Crippen LogP contribution in [-0.4, -0.2) is 56.5 Å². The number of hydrogen-bond acceptors (Lipinski definition) is 6. The molecule has 0 aromatic heterocycles. The number of sulfone groups is 1. The predicted molar refractivity (Wildman–Crippen MR) is 94.0 cm³/mol. The number of carbonyl (C=O) groups is 1. The zero-order valence-electron chi connectivity index (χ0n) is 13.6. The molecule has 7 nitrogen and oxygen atoms in total. The number of ether oxygens (including phenoxy) is 2. The van der Waals surface area contributed by atoms with Crippen LogP contribution in [0.5, 0.6) is 11.5 Å². The molecule has 2 heterocycles. The topological polar surface area (TPSA) is 85.3 Å². The lowest BCUT2D eigenvalue weighted by atomic mass is 10.2. The molecule has 2 saturated heterocycles. The fourth-order valence-electron chi connectivity index (χ4n) is 2.98. The van der Waals surface area contributed by atoms with Crippen molar-refractivity contribution in [1.82, 2.24) is 0 Å². The summed E-state index contributed by atoms with van der Waals surface area (Å²) < 4.78 is 34.5. The Morgan fingerprint density at radius 2 is 1.96 bits per heavy atom. The summed E-state index contributed by atoms with van der Waals surface area (Å²) in [5.74, 6) is 0.949. The fraction of sp³-hybridized carbons (Fsp3) is 0.467. The lowest BCUT2D eigenvalue weighted by Gasteiger charge is -2.25. The van der Waals surface area contributed by atoms with Crippen LogP contribution < -0.4 is 14.4 Å². The van der Waals surface area contributed by atoms with Crippen LogP contribution in [0.15, 0.2) is 23.2 Å². The van der Waals surface area contributed by atoms with Crippen molar-refractivity contribution in [3.8, 4) is 11.5 Å². The number of fused-ring (bicyclic) bond motifs is 1. The minimum atomic E-state index is -3.09. The van der Waals surface area contributed by atoms with Gasteiger partial charge in [-0.2, -0.15) is 4.99 Å². The average Bonchev–Trinajstić information content (AvgIpc) is 2.96. The summed E-state index contributed by atoms with van der Waals surface area (Å²) in [6.45, 7) is 1.38. The zero-order chi connectivity index (χ0) is 17.5. The fourth-order valence-corrected chi connectivity index (χ4v) is 6.93. The lowest BCUT2D eigenvalue weighted by Crippen LogP contribution is -2.37. The maximum absolute atomic E-state index is 12.0. The lowest BCUT2D eigenvalue weighted by molar-refractivity contribution is -0.115. The Kier molecular flexibility index (Phi) is 4.48. The van der Waals surface area contributed by atoms with E-state index in [1.54, 1.807) is 19.2 Å². The molecule has 0 bridgehead atoms. The first-order chi connectivity index (χ1) is 11.3. The molecule has 3 rings (SSSR count). The van der Waals surface area contributed by atoms with E-state index >= 15 is 0 Å². The van der Waals surface area contributed by atoms with Gasteiger partial charge >= 0.3 is 0 Å². The van der Waals surface area contributed by atoms with E-state index in [1.807, 2.05) is 11.0 Å². The molecule has 2 fully saturated rings. The monoisotopic (exact) mass is 370 g/mol. The van der Waals surface area contributed by atoms with E-state index in [9.17, 15) is 13.2 Å². The van der Waals surface area contributed by atoms with E-state index < -0.39 is 9.84 Å². The maximum Gasteiger partial charge on any atom is 0.244 e. The molecule has 130 valence electrons. The standard InChI is InChI=1S/C15H18N2O5S2/c1-9(18)16-15-17(11-7-24(19,20)8-14(11)23-15)10-4-5-12(21-2)13(6-10)22-3/h4-6,11,14H,7-8H2,1-3H3/t11-,14-/m1/s1. The van der Waals surface area contributed by atoms with Gasteiger partial charge in [-0.3, -0.25) is 4.79 Å². The van der Waals surface area contributed by atoms with Crippen LogP contribution in [0, 0.1) is 0 Å². The molecular formula is C15H18N2O5S2. The number of amidine groups is 1. The molecule has 9 heteroatoms. The molecule has 1 aromatic carbocycles. The van der Waals surface area contributed by atoms with Crippen LogP contribution in [0.1, 0.15) is 6.92 Å². The minimum Gasteiger partial charge on any atom is -0.493 e. The first-order valence-electron chi connectivity index (χ1n) is 7.32. The number of benzene rings is 1. The second-order valence-electron chi connectivity index (χ2n) is 5.62. The molecule has 1 aromatic rings.